The van der Waals surface area contributed by atoms with Gasteiger partial charge in [-0.3, -0.25) is 4.90 Å². The summed E-state index contributed by atoms with van der Waals surface area (Å²) >= 11 is 0. The number of piperidine rings is 1. The molecule has 2 bridgehead atoms. The molecule has 1 heterocycles. The maximum atomic E-state index is 3.75. The normalized spacial score (nSPS) is 44.7. The van der Waals surface area contributed by atoms with E-state index >= 15 is 0 Å². The zero-order valence-corrected chi connectivity index (χ0v) is 12.2. The van der Waals surface area contributed by atoms with Crippen LogP contribution in [0, 0.1) is 17.8 Å². The topological polar surface area (TPSA) is 15.3 Å². The van der Waals surface area contributed by atoms with Crippen LogP contribution in [0.1, 0.15) is 52.4 Å². The van der Waals surface area contributed by atoms with Crippen LogP contribution in [0.25, 0.3) is 0 Å². The van der Waals surface area contributed by atoms with Crippen LogP contribution in [-0.2, 0) is 0 Å². The van der Waals surface area contributed by atoms with Gasteiger partial charge >= 0.3 is 0 Å². The molecule has 3 rings (SSSR count). The maximum Gasteiger partial charge on any atom is 0.0108 e. The van der Waals surface area contributed by atoms with Gasteiger partial charge in [0.2, 0.25) is 0 Å². The Kier molecular flexibility index (Phi) is 3.95. The fraction of sp³-hybridized carbons (Fsp3) is 1.00. The molecule has 2 heteroatoms. The van der Waals surface area contributed by atoms with Gasteiger partial charge < -0.3 is 5.32 Å². The molecule has 18 heavy (non-hydrogen) atoms. The van der Waals surface area contributed by atoms with Crippen molar-refractivity contribution < 1.29 is 0 Å². The van der Waals surface area contributed by atoms with Gasteiger partial charge in [0.1, 0.15) is 0 Å². The van der Waals surface area contributed by atoms with E-state index in [4.69, 9.17) is 0 Å². The lowest BCUT2D eigenvalue weighted by Crippen LogP contribution is -2.47. The van der Waals surface area contributed by atoms with Gasteiger partial charge in [-0.1, -0.05) is 13.8 Å². The lowest BCUT2D eigenvalue weighted by atomic mass is 9.78. The molecule has 2 nitrogen and oxygen atoms in total. The molecule has 5 atom stereocenters. The van der Waals surface area contributed by atoms with Gasteiger partial charge in [-0.05, 0) is 62.8 Å². The highest BCUT2D eigenvalue weighted by Gasteiger charge is 2.40. The van der Waals surface area contributed by atoms with Crippen LogP contribution in [0.3, 0.4) is 0 Å². The van der Waals surface area contributed by atoms with E-state index in [1.165, 1.54) is 51.6 Å². The number of hydrogen-bond acceptors (Lipinski definition) is 2. The lowest BCUT2D eigenvalue weighted by molar-refractivity contribution is 0.123. The van der Waals surface area contributed by atoms with Gasteiger partial charge in [-0.15, -0.1) is 0 Å². The Balaban J connectivity index is 1.58. The lowest BCUT2D eigenvalue weighted by Gasteiger charge is -2.39. The summed E-state index contributed by atoms with van der Waals surface area (Å²) in [5, 5.41) is 3.75. The molecule has 0 amide bonds. The summed E-state index contributed by atoms with van der Waals surface area (Å²) in [6.45, 7) is 8.64. The quantitative estimate of drug-likeness (QED) is 0.825. The average Bonchev–Trinajstić information content (AvgIpc) is 2.95. The van der Waals surface area contributed by atoms with Crippen LogP contribution in [0.5, 0.6) is 0 Å². The summed E-state index contributed by atoms with van der Waals surface area (Å²) < 4.78 is 0. The second kappa shape index (κ2) is 5.50. The highest BCUT2D eigenvalue weighted by atomic mass is 15.2. The van der Waals surface area contributed by atoms with E-state index in [1.54, 1.807) is 0 Å². The number of fused-ring (bicyclic) bond motifs is 2. The van der Waals surface area contributed by atoms with E-state index in [2.05, 4.69) is 24.1 Å². The first-order valence-electron chi connectivity index (χ1n) is 8.23. The molecular formula is C16H30N2. The van der Waals surface area contributed by atoms with E-state index in [0.717, 1.165) is 36.4 Å². The molecule has 1 aliphatic heterocycles. The van der Waals surface area contributed by atoms with Gasteiger partial charge in [0, 0.05) is 25.2 Å². The van der Waals surface area contributed by atoms with E-state index in [9.17, 15) is 0 Å². The van der Waals surface area contributed by atoms with Gasteiger partial charge in [-0.2, -0.15) is 0 Å². The molecule has 104 valence electrons. The molecule has 0 radical (unpaired) electrons. The predicted octanol–water partition coefficient (Wildman–Crippen LogP) is 2.89. The second-order valence-corrected chi connectivity index (χ2v) is 7.13. The number of nitrogens with zero attached hydrogens (tertiary/aromatic N) is 1. The molecule has 2 aliphatic carbocycles. The highest BCUT2D eigenvalue weighted by Crippen LogP contribution is 2.39. The fourth-order valence-corrected chi connectivity index (χ4v) is 4.78. The summed E-state index contributed by atoms with van der Waals surface area (Å²) in [4.78, 5) is 2.83. The minimum atomic E-state index is 0.797. The van der Waals surface area contributed by atoms with Crippen LogP contribution in [0.15, 0.2) is 0 Å². The minimum Gasteiger partial charge on any atom is -0.314 e. The Hall–Kier alpha value is -0.0800. The summed E-state index contributed by atoms with van der Waals surface area (Å²) in [5.41, 5.74) is 0. The van der Waals surface area contributed by atoms with Crippen LogP contribution >= 0.6 is 0 Å². The van der Waals surface area contributed by atoms with Crippen molar-refractivity contribution in [2.24, 2.45) is 17.8 Å². The van der Waals surface area contributed by atoms with Gasteiger partial charge in [0.05, 0.1) is 0 Å². The second-order valence-electron chi connectivity index (χ2n) is 7.13. The largest absolute Gasteiger partial charge is 0.314 e. The first kappa shape index (κ1) is 12.9. The average molecular weight is 250 g/mol. The fourth-order valence-electron chi connectivity index (χ4n) is 4.78. The Morgan fingerprint density at radius 2 is 2.00 bits per heavy atom. The van der Waals surface area contributed by atoms with E-state index in [0.29, 0.717) is 0 Å². The molecule has 0 spiro atoms. The van der Waals surface area contributed by atoms with Crippen molar-refractivity contribution in [3.63, 3.8) is 0 Å². The summed E-state index contributed by atoms with van der Waals surface area (Å²) in [6.07, 6.45) is 8.79. The molecule has 3 aliphatic rings. The zero-order chi connectivity index (χ0) is 12.5. The Morgan fingerprint density at radius 3 is 2.67 bits per heavy atom. The smallest absolute Gasteiger partial charge is 0.0108 e. The van der Waals surface area contributed by atoms with Crippen LogP contribution < -0.4 is 5.32 Å². The molecular weight excluding hydrogens is 220 g/mol. The van der Waals surface area contributed by atoms with Gasteiger partial charge in [-0.25, -0.2) is 0 Å². The van der Waals surface area contributed by atoms with E-state index < -0.39 is 0 Å². The molecule has 0 aromatic carbocycles. The van der Waals surface area contributed by atoms with E-state index in [1.807, 2.05) is 0 Å². The Morgan fingerprint density at radius 1 is 1.11 bits per heavy atom. The first-order valence-corrected chi connectivity index (χ1v) is 8.23. The summed E-state index contributed by atoms with van der Waals surface area (Å²) in [5.74, 6) is 2.91. The van der Waals surface area contributed by atoms with Crippen LogP contribution in [0.4, 0.5) is 0 Å². The number of nitrogens with one attached hydrogen (secondary N) is 1. The molecule has 5 unspecified atom stereocenters. The molecule has 3 fully saturated rings. The SMILES string of the molecule is CCNC1CCC(C)CC1CN1CC2CCC1C2. The van der Waals surface area contributed by atoms with Crippen molar-refractivity contribution in [3.05, 3.63) is 0 Å². The third-order valence-corrected chi connectivity index (χ3v) is 5.70. The van der Waals surface area contributed by atoms with Crippen molar-refractivity contribution in [1.29, 1.82) is 0 Å². The number of rotatable bonds is 4. The monoisotopic (exact) mass is 250 g/mol. The molecule has 2 saturated carbocycles. The summed E-state index contributed by atoms with van der Waals surface area (Å²) in [6, 6.07) is 1.75. The van der Waals surface area contributed by atoms with Gasteiger partial charge in [0.15, 0.2) is 0 Å². The number of hydrogen-bond donors (Lipinski definition) is 1. The standard InChI is InChI=1S/C16H30N2/c1-3-17-16-7-4-12(2)8-14(16)11-18-10-13-5-6-15(18)9-13/h12-17H,3-11H2,1-2H3. The van der Waals surface area contributed by atoms with Crippen LogP contribution in [0.2, 0.25) is 0 Å². The highest BCUT2D eigenvalue weighted by molar-refractivity contribution is 4.95. The molecule has 1 N–H and O–H groups in total. The van der Waals surface area contributed by atoms with Crippen LogP contribution in [-0.4, -0.2) is 36.6 Å². The third kappa shape index (κ3) is 2.60. The molecule has 0 aromatic heterocycles. The van der Waals surface area contributed by atoms with Crippen molar-refractivity contribution in [1.82, 2.24) is 10.2 Å². The third-order valence-electron chi connectivity index (χ3n) is 5.70. The molecule has 1 saturated heterocycles. The van der Waals surface area contributed by atoms with Crippen molar-refractivity contribution >= 4 is 0 Å². The van der Waals surface area contributed by atoms with Crippen molar-refractivity contribution in [2.75, 3.05) is 19.6 Å². The number of likely N-dealkylation sites (tertiary alicyclic amines) is 1. The minimum absolute atomic E-state index is 0.797. The maximum absolute atomic E-state index is 3.75. The van der Waals surface area contributed by atoms with Gasteiger partial charge in [0.25, 0.3) is 0 Å². The van der Waals surface area contributed by atoms with E-state index in [-0.39, 0.29) is 0 Å². The Labute approximate surface area is 113 Å². The van der Waals surface area contributed by atoms with Crippen molar-refractivity contribution in [3.8, 4) is 0 Å². The van der Waals surface area contributed by atoms with Crippen molar-refractivity contribution in [2.45, 2.75) is 64.5 Å². The summed E-state index contributed by atoms with van der Waals surface area (Å²) in [7, 11) is 0. The predicted molar refractivity (Wildman–Crippen MR) is 76.7 cm³/mol. The zero-order valence-electron chi connectivity index (χ0n) is 12.2. The molecule has 0 aromatic rings. The first-order chi connectivity index (χ1) is 8.76. The Bertz CT molecular complexity index is 278.